The molecule has 1 unspecified atom stereocenters. The molecule has 6 nitrogen and oxygen atoms in total. The first-order valence-electron chi connectivity index (χ1n) is 4.33. The zero-order chi connectivity index (χ0) is 10.5. The van der Waals surface area contributed by atoms with Crippen molar-refractivity contribution < 1.29 is 29.2 Å². The Kier molecular flexibility index (Phi) is 2.04. The lowest BCUT2D eigenvalue weighted by Gasteiger charge is -2.21. The molecule has 14 heavy (non-hydrogen) atoms. The van der Waals surface area contributed by atoms with Crippen LogP contribution in [0.5, 0.6) is 0 Å². The van der Waals surface area contributed by atoms with Gasteiger partial charge >= 0.3 is 5.97 Å². The Morgan fingerprint density at radius 2 is 2.00 bits per heavy atom. The number of carboxylic acids is 1. The Hall–Kier alpha value is -0.690. The molecule has 2 saturated heterocycles. The first-order valence-corrected chi connectivity index (χ1v) is 4.33. The molecule has 2 heterocycles. The molecule has 0 amide bonds. The fourth-order valence-electron chi connectivity index (χ4n) is 1.70. The Bertz CT molecular complexity index is 263. The highest BCUT2D eigenvalue weighted by molar-refractivity contribution is 5.73. The van der Waals surface area contributed by atoms with E-state index < -0.39 is 36.4 Å². The summed E-state index contributed by atoms with van der Waals surface area (Å²) in [5, 5.41) is 18.2. The van der Waals surface area contributed by atoms with Crippen molar-refractivity contribution in [1.29, 1.82) is 0 Å². The number of ether oxygens (including phenoxy) is 3. The van der Waals surface area contributed by atoms with Crippen LogP contribution in [0.1, 0.15) is 13.8 Å². The van der Waals surface area contributed by atoms with Crippen molar-refractivity contribution in [2.45, 2.75) is 44.2 Å². The van der Waals surface area contributed by atoms with Crippen LogP contribution in [0.2, 0.25) is 0 Å². The van der Waals surface area contributed by atoms with Gasteiger partial charge in [0.15, 0.2) is 18.2 Å². The average molecular weight is 204 g/mol. The fourth-order valence-corrected chi connectivity index (χ4v) is 1.70. The maximum absolute atomic E-state index is 10.6. The highest BCUT2D eigenvalue weighted by Gasteiger charge is 2.56. The number of hydrogen-bond donors (Lipinski definition) is 2. The molecule has 0 saturated carbocycles. The summed E-state index contributed by atoms with van der Waals surface area (Å²) in [4.78, 5) is 10.6. The normalized spacial score (nSPS) is 45.1. The number of rotatable bonds is 1. The van der Waals surface area contributed by atoms with Gasteiger partial charge in [-0.15, -0.1) is 0 Å². The van der Waals surface area contributed by atoms with E-state index in [1.807, 2.05) is 0 Å². The number of aliphatic hydroxyl groups excluding tert-OH is 1. The van der Waals surface area contributed by atoms with E-state index in [9.17, 15) is 9.90 Å². The summed E-state index contributed by atoms with van der Waals surface area (Å²) in [6.07, 6.45) is -3.95. The minimum absolute atomic E-state index is 0.717. The van der Waals surface area contributed by atoms with Gasteiger partial charge in [0, 0.05) is 0 Å². The Morgan fingerprint density at radius 3 is 2.50 bits per heavy atom. The van der Waals surface area contributed by atoms with Crippen molar-refractivity contribution >= 4 is 5.97 Å². The third kappa shape index (κ3) is 1.40. The Labute approximate surface area is 80.4 Å². The molecule has 0 aromatic carbocycles. The lowest BCUT2D eigenvalue weighted by molar-refractivity contribution is -0.219. The zero-order valence-electron chi connectivity index (χ0n) is 7.84. The minimum atomic E-state index is -1.26. The summed E-state index contributed by atoms with van der Waals surface area (Å²) in [5.41, 5.74) is 0. The standard InChI is InChI=1S/C8H12O6/c1-8(2)13-5-3(9)4(6(10)11)12-7(5)14-8/h3-5,7,9H,1-2H3,(H,10,11)/t3-,4-,5?,7-/m0/s1. The van der Waals surface area contributed by atoms with Crippen LogP contribution in [-0.4, -0.2) is 46.6 Å². The third-order valence-corrected chi connectivity index (χ3v) is 2.26. The fraction of sp³-hybridized carbons (Fsp3) is 0.875. The molecular weight excluding hydrogens is 192 g/mol. The van der Waals surface area contributed by atoms with Gasteiger partial charge in [0.2, 0.25) is 0 Å². The van der Waals surface area contributed by atoms with Gasteiger partial charge in [-0.3, -0.25) is 0 Å². The van der Waals surface area contributed by atoms with Crippen LogP contribution >= 0.6 is 0 Å². The lowest BCUT2D eigenvalue weighted by atomic mass is 10.1. The van der Waals surface area contributed by atoms with Crippen LogP contribution in [0.15, 0.2) is 0 Å². The molecule has 0 aromatic rings. The van der Waals surface area contributed by atoms with E-state index in [1.54, 1.807) is 13.8 Å². The van der Waals surface area contributed by atoms with Gasteiger partial charge in [-0.05, 0) is 13.8 Å². The molecular formula is C8H12O6. The maximum atomic E-state index is 10.6. The molecule has 2 aliphatic heterocycles. The molecule has 6 heteroatoms. The summed E-state index contributed by atoms with van der Waals surface area (Å²) in [6.45, 7) is 3.36. The summed E-state index contributed by atoms with van der Waals surface area (Å²) in [7, 11) is 0. The SMILES string of the molecule is CC1(C)OC2[C@@H](O[C@H](C(=O)O)[C@@H]2O)O1. The second-order valence-electron chi connectivity index (χ2n) is 3.85. The minimum Gasteiger partial charge on any atom is -0.479 e. The smallest absolute Gasteiger partial charge is 0.335 e. The molecule has 0 spiro atoms. The van der Waals surface area contributed by atoms with Gasteiger partial charge < -0.3 is 24.4 Å². The van der Waals surface area contributed by atoms with Crippen molar-refractivity contribution in [1.82, 2.24) is 0 Å². The molecule has 2 fully saturated rings. The molecule has 2 N–H and O–H groups in total. The number of aliphatic carboxylic acids is 1. The highest BCUT2D eigenvalue weighted by atomic mass is 16.8. The summed E-state index contributed by atoms with van der Waals surface area (Å²) < 4.78 is 15.6. The molecule has 0 aliphatic carbocycles. The van der Waals surface area contributed by atoms with Gasteiger partial charge in [-0.1, -0.05) is 0 Å². The van der Waals surface area contributed by atoms with E-state index in [0.717, 1.165) is 0 Å². The van der Waals surface area contributed by atoms with Crippen molar-refractivity contribution in [2.24, 2.45) is 0 Å². The number of carbonyl (C=O) groups is 1. The molecule has 2 aliphatic rings. The van der Waals surface area contributed by atoms with E-state index in [2.05, 4.69) is 0 Å². The first kappa shape index (κ1) is 9.85. The van der Waals surface area contributed by atoms with Crippen LogP contribution in [0.3, 0.4) is 0 Å². The van der Waals surface area contributed by atoms with E-state index >= 15 is 0 Å². The predicted octanol–water partition coefficient (Wildman–Crippen LogP) is -0.692. The van der Waals surface area contributed by atoms with Crippen molar-refractivity contribution in [3.8, 4) is 0 Å². The summed E-state index contributed by atoms with van der Waals surface area (Å²) in [5.74, 6) is -2.04. The number of carboxylic acid groups (broad SMARTS) is 1. The van der Waals surface area contributed by atoms with Gasteiger partial charge in [0.25, 0.3) is 0 Å². The van der Waals surface area contributed by atoms with Crippen LogP contribution in [0.25, 0.3) is 0 Å². The number of hydrogen-bond acceptors (Lipinski definition) is 5. The molecule has 80 valence electrons. The van der Waals surface area contributed by atoms with Crippen LogP contribution < -0.4 is 0 Å². The predicted molar refractivity (Wildman–Crippen MR) is 42.3 cm³/mol. The summed E-state index contributed by atoms with van der Waals surface area (Å²) >= 11 is 0. The Balaban J connectivity index is 2.11. The monoisotopic (exact) mass is 204 g/mol. The molecule has 4 atom stereocenters. The van der Waals surface area contributed by atoms with Gasteiger partial charge in [-0.25, -0.2) is 4.79 Å². The van der Waals surface area contributed by atoms with Crippen LogP contribution in [-0.2, 0) is 19.0 Å². The number of aliphatic hydroxyl groups is 1. The molecule has 0 bridgehead atoms. The lowest BCUT2D eigenvalue weighted by Crippen LogP contribution is -2.38. The van der Waals surface area contributed by atoms with E-state index in [1.165, 1.54) is 0 Å². The van der Waals surface area contributed by atoms with Gasteiger partial charge in [0.05, 0.1) is 0 Å². The number of fused-ring (bicyclic) bond motifs is 1. The average Bonchev–Trinajstić information content (AvgIpc) is 2.46. The second kappa shape index (κ2) is 2.90. The van der Waals surface area contributed by atoms with Crippen LogP contribution in [0.4, 0.5) is 0 Å². The van der Waals surface area contributed by atoms with E-state index in [4.69, 9.17) is 19.3 Å². The highest BCUT2D eigenvalue weighted by Crippen LogP contribution is 2.37. The topological polar surface area (TPSA) is 85.2 Å². The van der Waals surface area contributed by atoms with Crippen LogP contribution in [0, 0.1) is 0 Å². The molecule has 0 radical (unpaired) electrons. The van der Waals surface area contributed by atoms with Gasteiger partial charge in [-0.2, -0.15) is 0 Å². The van der Waals surface area contributed by atoms with E-state index in [0.29, 0.717) is 0 Å². The zero-order valence-corrected chi connectivity index (χ0v) is 7.84. The third-order valence-electron chi connectivity index (χ3n) is 2.26. The largest absolute Gasteiger partial charge is 0.479 e. The first-order chi connectivity index (χ1) is 6.41. The van der Waals surface area contributed by atoms with Crippen molar-refractivity contribution in [3.05, 3.63) is 0 Å². The second-order valence-corrected chi connectivity index (χ2v) is 3.85. The van der Waals surface area contributed by atoms with E-state index in [-0.39, 0.29) is 0 Å². The molecule has 0 aromatic heterocycles. The maximum Gasteiger partial charge on any atom is 0.335 e. The Morgan fingerprint density at radius 1 is 1.36 bits per heavy atom. The molecule has 2 rings (SSSR count). The van der Waals surface area contributed by atoms with Gasteiger partial charge in [0.1, 0.15) is 12.2 Å². The quantitative estimate of drug-likeness (QED) is 0.588. The van der Waals surface area contributed by atoms with Crippen molar-refractivity contribution in [2.75, 3.05) is 0 Å². The summed E-state index contributed by atoms with van der Waals surface area (Å²) in [6, 6.07) is 0. The van der Waals surface area contributed by atoms with Crippen molar-refractivity contribution in [3.63, 3.8) is 0 Å².